The van der Waals surface area contributed by atoms with Gasteiger partial charge in [-0.1, -0.05) is 32.0 Å². The first-order valence-corrected chi connectivity index (χ1v) is 11.9. The van der Waals surface area contributed by atoms with Gasteiger partial charge in [-0.25, -0.2) is 4.79 Å². The molecular weight excluding hydrogens is 460 g/mol. The number of nitrogen functional groups attached to an aromatic ring is 1. The second-order valence-electron chi connectivity index (χ2n) is 7.43. The Balaban J connectivity index is 1.80. The summed E-state index contributed by atoms with van der Waals surface area (Å²) in [5.41, 5.74) is 5.58. The molecule has 2 heterocycles. The molecule has 2 aromatic heterocycles. The van der Waals surface area contributed by atoms with Crippen LogP contribution in [-0.2, 0) is 11.3 Å². The molecule has 0 saturated heterocycles. The van der Waals surface area contributed by atoms with Crippen LogP contribution in [-0.4, -0.2) is 45.1 Å². The predicted molar refractivity (Wildman–Crippen MR) is 130 cm³/mol. The van der Waals surface area contributed by atoms with Crippen molar-refractivity contribution in [3.63, 3.8) is 0 Å². The van der Waals surface area contributed by atoms with E-state index in [2.05, 4.69) is 15.2 Å². The minimum absolute atomic E-state index is 0.0171. The van der Waals surface area contributed by atoms with Gasteiger partial charge in [0.25, 0.3) is 10.8 Å². The fourth-order valence-electron chi connectivity index (χ4n) is 3.28. The fourth-order valence-corrected chi connectivity index (χ4v) is 3.92. The Labute approximate surface area is 200 Å². The number of nitrogens with one attached hydrogen (secondary N) is 1. The molecule has 34 heavy (non-hydrogen) atoms. The number of carbonyl (C=O) groups is 1. The molecule has 0 aliphatic heterocycles. The molecule has 3 aromatic rings. The number of nitrogens with zero attached hydrogens (tertiary/aromatic N) is 4. The number of benzene rings is 1. The predicted octanol–water partition coefficient (Wildman–Crippen LogP) is 2.51. The van der Waals surface area contributed by atoms with Crippen LogP contribution in [0.25, 0.3) is 11.5 Å². The van der Waals surface area contributed by atoms with E-state index in [1.807, 2.05) is 13.8 Å². The number of aromatic amines is 1. The second kappa shape index (κ2) is 11.5. The van der Waals surface area contributed by atoms with Crippen LogP contribution in [0.1, 0.15) is 33.1 Å². The summed E-state index contributed by atoms with van der Waals surface area (Å²) in [6.07, 6.45) is 2.10. The van der Waals surface area contributed by atoms with E-state index in [1.165, 1.54) is 9.47 Å². The van der Waals surface area contributed by atoms with Crippen molar-refractivity contribution >= 4 is 29.2 Å². The van der Waals surface area contributed by atoms with Crippen molar-refractivity contribution in [1.29, 1.82) is 0 Å². The lowest BCUT2D eigenvalue weighted by molar-refractivity contribution is -0.116. The third-order valence-corrected chi connectivity index (χ3v) is 5.83. The summed E-state index contributed by atoms with van der Waals surface area (Å²) >= 11 is 1.06. The Bertz CT molecular complexity index is 1230. The quantitative estimate of drug-likeness (QED) is 0.388. The number of carbonyl (C=O) groups excluding carboxylic acids is 1. The summed E-state index contributed by atoms with van der Waals surface area (Å²) in [5, 5.41) is 8.23. The summed E-state index contributed by atoms with van der Waals surface area (Å²) < 4.78 is 12.1. The Morgan fingerprint density at radius 2 is 1.94 bits per heavy atom. The highest BCUT2D eigenvalue weighted by molar-refractivity contribution is 7.99. The van der Waals surface area contributed by atoms with Gasteiger partial charge in [0.15, 0.2) is 5.69 Å². The number of anilines is 2. The molecule has 182 valence electrons. The van der Waals surface area contributed by atoms with E-state index in [9.17, 15) is 14.4 Å². The third-order valence-electron chi connectivity index (χ3n) is 5.03. The van der Waals surface area contributed by atoms with Gasteiger partial charge in [0, 0.05) is 18.7 Å². The Morgan fingerprint density at radius 1 is 1.21 bits per heavy atom. The smallest absolute Gasteiger partial charge is 0.330 e. The SMILES string of the molecule is CCCCN(C(=O)CSc1nnc(-c2ccc(OC)cc2)o1)c1c(N)n(CCC)c(=O)[nH]c1=O. The van der Waals surface area contributed by atoms with Crippen LogP contribution in [0, 0.1) is 0 Å². The van der Waals surface area contributed by atoms with Gasteiger partial charge in [0.05, 0.1) is 12.9 Å². The summed E-state index contributed by atoms with van der Waals surface area (Å²) in [7, 11) is 1.58. The molecule has 0 fully saturated rings. The average molecular weight is 489 g/mol. The molecule has 0 radical (unpaired) electrons. The summed E-state index contributed by atoms with van der Waals surface area (Å²) in [5.74, 6) is 0.578. The van der Waals surface area contributed by atoms with Crippen molar-refractivity contribution in [2.24, 2.45) is 0 Å². The highest BCUT2D eigenvalue weighted by Crippen LogP contribution is 2.26. The fraction of sp³-hybridized carbons (Fsp3) is 0.409. The highest BCUT2D eigenvalue weighted by atomic mass is 32.2. The number of amides is 1. The van der Waals surface area contributed by atoms with Crippen LogP contribution in [0.15, 0.2) is 43.5 Å². The van der Waals surface area contributed by atoms with Crippen LogP contribution in [0.3, 0.4) is 0 Å². The number of hydrogen-bond donors (Lipinski definition) is 2. The lowest BCUT2D eigenvalue weighted by Gasteiger charge is -2.24. The number of ether oxygens (including phenoxy) is 1. The second-order valence-corrected chi connectivity index (χ2v) is 8.36. The molecule has 0 aliphatic carbocycles. The normalized spacial score (nSPS) is 10.9. The molecular formula is C22H28N6O5S. The zero-order valence-electron chi connectivity index (χ0n) is 19.4. The zero-order valence-corrected chi connectivity index (χ0v) is 20.2. The van der Waals surface area contributed by atoms with E-state index in [-0.39, 0.29) is 34.9 Å². The molecule has 3 rings (SSSR count). The molecule has 0 atom stereocenters. The number of aromatic nitrogens is 4. The van der Waals surface area contributed by atoms with Crippen LogP contribution >= 0.6 is 11.8 Å². The molecule has 1 amide bonds. The number of methoxy groups -OCH3 is 1. The standard InChI is InChI=1S/C22H28N6O5S/c1-4-6-12-27(17-18(23)28(11-5-2)21(31)24-19(17)30)16(29)13-34-22-26-25-20(33-22)14-7-9-15(32-3)10-8-14/h7-10H,4-6,11-13,23H2,1-3H3,(H,24,30,31). The van der Waals surface area contributed by atoms with E-state index in [0.717, 1.165) is 18.2 Å². The number of H-pyrrole nitrogens is 1. The highest BCUT2D eigenvalue weighted by Gasteiger charge is 2.24. The van der Waals surface area contributed by atoms with Gasteiger partial charge < -0.3 is 19.8 Å². The number of rotatable bonds is 11. The van der Waals surface area contributed by atoms with Crippen molar-refractivity contribution in [1.82, 2.24) is 19.7 Å². The van der Waals surface area contributed by atoms with Crippen molar-refractivity contribution < 1.29 is 13.9 Å². The van der Waals surface area contributed by atoms with Crippen LogP contribution in [0.4, 0.5) is 11.5 Å². The lowest BCUT2D eigenvalue weighted by atomic mass is 10.2. The Hall–Kier alpha value is -3.54. The lowest BCUT2D eigenvalue weighted by Crippen LogP contribution is -2.42. The summed E-state index contributed by atoms with van der Waals surface area (Å²) in [6.45, 7) is 4.48. The number of hydrogen-bond acceptors (Lipinski definition) is 9. The van der Waals surface area contributed by atoms with E-state index >= 15 is 0 Å². The first kappa shape index (κ1) is 25.1. The molecule has 11 nitrogen and oxygen atoms in total. The molecule has 0 bridgehead atoms. The molecule has 3 N–H and O–H groups in total. The Kier molecular flexibility index (Phi) is 8.52. The molecule has 0 aliphatic rings. The van der Waals surface area contributed by atoms with E-state index in [1.54, 1.807) is 31.4 Å². The maximum atomic E-state index is 13.1. The monoisotopic (exact) mass is 488 g/mol. The van der Waals surface area contributed by atoms with Crippen molar-refractivity contribution in [3.8, 4) is 17.2 Å². The zero-order chi connectivity index (χ0) is 24.7. The van der Waals surface area contributed by atoms with Gasteiger partial charge in [-0.2, -0.15) is 0 Å². The molecule has 0 saturated carbocycles. The number of thioether (sulfide) groups is 1. The van der Waals surface area contributed by atoms with E-state index in [4.69, 9.17) is 14.9 Å². The molecule has 0 unspecified atom stereocenters. The van der Waals surface area contributed by atoms with Gasteiger partial charge in [-0.15, -0.1) is 10.2 Å². The van der Waals surface area contributed by atoms with Crippen molar-refractivity contribution in [3.05, 3.63) is 45.1 Å². The van der Waals surface area contributed by atoms with Crippen LogP contribution < -0.4 is 26.6 Å². The largest absolute Gasteiger partial charge is 0.497 e. The number of unbranched alkanes of at least 4 members (excludes halogenated alkanes) is 1. The molecule has 12 heteroatoms. The van der Waals surface area contributed by atoms with Crippen LogP contribution in [0.2, 0.25) is 0 Å². The average Bonchev–Trinajstić information content (AvgIpc) is 3.31. The van der Waals surface area contributed by atoms with E-state index in [0.29, 0.717) is 36.6 Å². The summed E-state index contributed by atoms with van der Waals surface area (Å²) in [4.78, 5) is 41.5. The molecule has 0 spiro atoms. The minimum atomic E-state index is -0.691. The van der Waals surface area contributed by atoms with E-state index < -0.39 is 11.2 Å². The van der Waals surface area contributed by atoms with Gasteiger partial charge in [-0.3, -0.25) is 19.1 Å². The number of nitrogens with two attached hydrogens (primary N) is 1. The van der Waals surface area contributed by atoms with Crippen molar-refractivity contribution in [2.75, 3.05) is 30.0 Å². The molecule has 1 aromatic carbocycles. The van der Waals surface area contributed by atoms with Gasteiger partial charge in [0.1, 0.15) is 11.6 Å². The first-order valence-electron chi connectivity index (χ1n) is 10.9. The van der Waals surface area contributed by atoms with Gasteiger partial charge >= 0.3 is 5.69 Å². The summed E-state index contributed by atoms with van der Waals surface area (Å²) in [6, 6.07) is 7.14. The third kappa shape index (κ3) is 5.68. The van der Waals surface area contributed by atoms with Crippen LogP contribution in [0.5, 0.6) is 5.75 Å². The Morgan fingerprint density at radius 3 is 2.59 bits per heavy atom. The maximum Gasteiger partial charge on any atom is 0.330 e. The van der Waals surface area contributed by atoms with Gasteiger partial charge in [0.2, 0.25) is 11.8 Å². The van der Waals surface area contributed by atoms with Crippen molar-refractivity contribution in [2.45, 2.75) is 44.9 Å². The topological polar surface area (TPSA) is 149 Å². The first-order chi connectivity index (χ1) is 16.4. The minimum Gasteiger partial charge on any atom is -0.497 e. The van der Waals surface area contributed by atoms with Gasteiger partial charge in [-0.05, 0) is 37.1 Å². The maximum absolute atomic E-state index is 13.1.